The summed E-state index contributed by atoms with van der Waals surface area (Å²) >= 11 is 0. The monoisotopic (exact) mass is 584 g/mol. The number of H-pyrrole nitrogens is 2. The molecular weight excluding hydrogens is 552 g/mol. The zero-order valence-electron chi connectivity index (χ0n) is 24.3. The predicted octanol–water partition coefficient (Wildman–Crippen LogP) is 5.70. The number of hydrogen-bond donors (Lipinski definition) is 3. The molecule has 44 heavy (non-hydrogen) atoms. The Bertz CT molecular complexity index is 2100. The standard InChI is InChI=1S/C35H32N6O3/c1-22(42)37-26-11-12-31-32(19-26)41(35(44)39-31)27-14-17-40(18-15-27)21-23-7-9-25(10-8-23)33-28(24-5-3-2-4-6-24)20-29-30(38-33)13-16-36-34(29)43/h2-13,16,19-20,27H,14-15,17-18,21H2,1H3,(H,36,43)(H,37,42)(H,39,44). The highest BCUT2D eigenvalue weighted by atomic mass is 16.2. The van der Waals surface area contributed by atoms with Crippen LogP contribution >= 0.6 is 0 Å². The number of rotatable bonds is 6. The minimum absolute atomic E-state index is 0.0880. The SMILES string of the molecule is CC(=O)Nc1ccc2[nH]c(=O)n(C3CCN(Cc4ccc(-c5nc6cc[nH]c(=O)c6cc5-c5ccccc5)cc4)CC3)c2c1. The highest BCUT2D eigenvalue weighted by Crippen LogP contribution is 2.33. The Balaban J connectivity index is 1.09. The molecule has 1 fully saturated rings. The van der Waals surface area contributed by atoms with Gasteiger partial charge in [-0.3, -0.25) is 19.1 Å². The molecule has 0 spiro atoms. The summed E-state index contributed by atoms with van der Waals surface area (Å²) in [5, 5.41) is 3.38. The summed E-state index contributed by atoms with van der Waals surface area (Å²) in [5.41, 5.74) is 7.63. The van der Waals surface area contributed by atoms with Gasteiger partial charge in [-0.15, -0.1) is 0 Å². The fourth-order valence-corrected chi connectivity index (χ4v) is 6.30. The number of nitrogens with zero attached hydrogens (tertiary/aromatic N) is 3. The number of aromatic amines is 2. The minimum Gasteiger partial charge on any atom is -0.328 e. The number of amides is 1. The van der Waals surface area contributed by atoms with E-state index in [0.717, 1.165) is 65.9 Å². The molecule has 6 aromatic rings. The summed E-state index contributed by atoms with van der Waals surface area (Å²) in [4.78, 5) is 50.0. The molecule has 9 nitrogen and oxygen atoms in total. The zero-order chi connectivity index (χ0) is 30.2. The third-order valence-corrected chi connectivity index (χ3v) is 8.43. The van der Waals surface area contributed by atoms with Crippen molar-refractivity contribution in [3.05, 3.63) is 118 Å². The van der Waals surface area contributed by atoms with E-state index >= 15 is 0 Å². The fraction of sp³-hybridized carbons (Fsp3) is 0.200. The Labute approximate surface area is 253 Å². The van der Waals surface area contributed by atoms with E-state index in [1.807, 2.05) is 59.2 Å². The third-order valence-electron chi connectivity index (χ3n) is 8.43. The molecule has 0 atom stereocenters. The summed E-state index contributed by atoms with van der Waals surface area (Å²) < 4.78 is 1.85. The van der Waals surface area contributed by atoms with E-state index in [2.05, 4.69) is 44.5 Å². The van der Waals surface area contributed by atoms with Gasteiger partial charge in [-0.05, 0) is 54.3 Å². The number of carbonyl (C=O) groups excluding carboxylic acids is 1. The van der Waals surface area contributed by atoms with Crippen molar-refractivity contribution in [1.82, 2.24) is 24.4 Å². The summed E-state index contributed by atoms with van der Waals surface area (Å²) in [6.07, 6.45) is 3.35. The first-order valence-electron chi connectivity index (χ1n) is 14.8. The quantitative estimate of drug-likeness (QED) is 0.232. The van der Waals surface area contributed by atoms with Crippen molar-refractivity contribution in [2.75, 3.05) is 18.4 Å². The van der Waals surface area contributed by atoms with Gasteiger partial charge in [0.2, 0.25) is 5.91 Å². The number of hydrogen-bond acceptors (Lipinski definition) is 5. The van der Waals surface area contributed by atoms with Crippen LogP contribution in [0, 0.1) is 0 Å². The maximum atomic E-state index is 12.9. The van der Waals surface area contributed by atoms with Gasteiger partial charge in [0.15, 0.2) is 0 Å². The fourth-order valence-electron chi connectivity index (χ4n) is 6.30. The van der Waals surface area contributed by atoms with Gasteiger partial charge in [0.25, 0.3) is 5.56 Å². The lowest BCUT2D eigenvalue weighted by Gasteiger charge is -2.32. The second-order valence-corrected chi connectivity index (χ2v) is 11.4. The number of imidazole rings is 1. The smallest absolute Gasteiger partial charge is 0.326 e. The van der Waals surface area contributed by atoms with Crippen LogP contribution in [0.1, 0.15) is 31.4 Å². The average Bonchev–Trinajstić information content (AvgIpc) is 3.36. The molecule has 0 unspecified atom stereocenters. The van der Waals surface area contributed by atoms with Gasteiger partial charge in [0.1, 0.15) is 0 Å². The highest BCUT2D eigenvalue weighted by Gasteiger charge is 2.24. The van der Waals surface area contributed by atoms with Gasteiger partial charge in [-0.2, -0.15) is 0 Å². The summed E-state index contributed by atoms with van der Waals surface area (Å²) in [6.45, 7) is 4.03. The predicted molar refractivity (Wildman–Crippen MR) is 174 cm³/mol. The van der Waals surface area contributed by atoms with Gasteiger partial charge in [-0.25, -0.2) is 9.78 Å². The van der Waals surface area contributed by atoms with Crippen LogP contribution in [0.5, 0.6) is 0 Å². The number of aromatic nitrogens is 4. The first-order valence-corrected chi connectivity index (χ1v) is 14.8. The Hall–Kier alpha value is -5.28. The topological polar surface area (TPSA) is 116 Å². The number of anilines is 1. The summed E-state index contributed by atoms with van der Waals surface area (Å²) in [5.74, 6) is -0.142. The number of likely N-dealkylation sites (tertiary alicyclic amines) is 1. The molecule has 4 heterocycles. The number of piperidine rings is 1. The molecule has 7 rings (SSSR count). The molecule has 0 radical (unpaired) electrons. The van der Waals surface area contributed by atoms with Crippen LogP contribution in [-0.4, -0.2) is 43.4 Å². The molecule has 9 heteroatoms. The number of benzene rings is 3. The lowest BCUT2D eigenvalue weighted by molar-refractivity contribution is -0.114. The van der Waals surface area contributed by atoms with Crippen molar-refractivity contribution in [2.45, 2.75) is 32.4 Å². The van der Waals surface area contributed by atoms with Crippen molar-refractivity contribution in [1.29, 1.82) is 0 Å². The van der Waals surface area contributed by atoms with Crippen molar-refractivity contribution < 1.29 is 4.79 Å². The molecule has 1 saturated heterocycles. The van der Waals surface area contributed by atoms with E-state index < -0.39 is 0 Å². The van der Waals surface area contributed by atoms with Crippen LogP contribution in [-0.2, 0) is 11.3 Å². The molecule has 1 aliphatic heterocycles. The number of nitrogens with one attached hydrogen (secondary N) is 3. The van der Waals surface area contributed by atoms with Gasteiger partial charge < -0.3 is 15.3 Å². The maximum Gasteiger partial charge on any atom is 0.326 e. The minimum atomic E-state index is -0.151. The van der Waals surface area contributed by atoms with Gasteiger partial charge in [0.05, 0.1) is 27.6 Å². The average molecular weight is 585 g/mol. The van der Waals surface area contributed by atoms with Crippen LogP contribution < -0.4 is 16.6 Å². The first-order chi connectivity index (χ1) is 21.4. The number of carbonyl (C=O) groups is 1. The first kappa shape index (κ1) is 27.5. The lowest BCUT2D eigenvalue weighted by atomic mass is 9.97. The van der Waals surface area contributed by atoms with Crippen LogP contribution in [0.25, 0.3) is 44.3 Å². The van der Waals surface area contributed by atoms with Gasteiger partial charge >= 0.3 is 5.69 Å². The second-order valence-electron chi connectivity index (χ2n) is 11.4. The van der Waals surface area contributed by atoms with Crippen LogP contribution in [0.15, 0.2) is 101 Å². The largest absolute Gasteiger partial charge is 0.328 e. The van der Waals surface area contributed by atoms with Crippen molar-refractivity contribution >= 4 is 33.5 Å². The van der Waals surface area contributed by atoms with Gasteiger partial charge in [0, 0.05) is 55.6 Å². The van der Waals surface area contributed by atoms with E-state index in [1.54, 1.807) is 12.3 Å². The van der Waals surface area contributed by atoms with E-state index in [-0.39, 0.29) is 23.2 Å². The summed E-state index contributed by atoms with van der Waals surface area (Å²) in [6, 6.07) is 27.9. The molecule has 0 bridgehead atoms. The van der Waals surface area contributed by atoms with Gasteiger partial charge in [-0.1, -0.05) is 54.6 Å². The van der Waals surface area contributed by atoms with Crippen LogP contribution in [0.4, 0.5) is 5.69 Å². The Morgan fingerprint density at radius 3 is 2.45 bits per heavy atom. The second kappa shape index (κ2) is 11.4. The van der Waals surface area contributed by atoms with E-state index in [9.17, 15) is 14.4 Å². The Morgan fingerprint density at radius 1 is 0.932 bits per heavy atom. The normalized spacial score (nSPS) is 14.3. The molecular formula is C35H32N6O3. The van der Waals surface area contributed by atoms with E-state index in [0.29, 0.717) is 16.6 Å². The van der Waals surface area contributed by atoms with Crippen LogP contribution in [0.2, 0.25) is 0 Å². The van der Waals surface area contributed by atoms with E-state index in [1.165, 1.54) is 12.5 Å². The lowest BCUT2D eigenvalue weighted by Crippen LogP contribution is -2.36. The molecule has 0 aliphatic carbocycles. The molecule has 3 N–H and O–H groups in total. The Kier molecular flexibility index (Phi) is 7.15. The number of fused-ring (bicyclic) bond motifs is 2. The van der Waals surface area contributed by atoms with Crippen molar-refractivity contribution in [3.8, 4) is 22.4 Å². The van der Waals surface area contributed by atoms with E-state index in [4.69, 9.17) is 4.98 Å². The van der Waals surface area contributed by atoms with Crippen molar-refractivity contribution in [3.63, 3.8) is 0 Å². The number of pyridine rings is 2. The zero-order valence-corrected chi connectivity index (χ0v) is 24.3. The molecule has 1 aliphatic rings. The molecule has 3 aromatic carbocycles. The third kappa shape index (κ3) is 5.33. The Morgan fingerprint density at radius 2 is 1.70 bits per heavy atom. The summed E-state index contributed by atoms with van der Waals surface area (Å²) in [7, 11) is 0. The molecule has 220 valence electrons. The highest BCUT2D eigenvalue weighted by molar-refractivity contribution is 5.92. The van der Waals surface area contributed by atoms with Crippen LogP contribution in [0.3, 0.4) is 0 Å². The molecule has 0 saturated carbocycles. The molecule has 1 amide bonds. The van der Waals surface area contributed by atoms with Crippen molar-refractivity contribution in [2.24, 2.45) is 0 Å². The maximum absolute atomic E-state index is 12.9. The molecule has 3 aromatic heterocycles.